The largest absolute Gasteiger partial charge is 0.322 e. The number of amides is 1. The lowest BCUT2D eigenvalue weighted by atomic mass is 10.1. The van der Waals surface area contributed by atoms with Crippen LogP contribution in [-0.2, 0) is 16.6 Å². The minimum atomic E-state index is -3.56. The highest BCUT2D eigenvalue weighted by molar-refractivity contribution is 7.92. The second-order valence-electron chi connectivity index (χ2n) is 7.42. The molecule has 0 aliphatic heterocycles. The lowest BCUT2D eigenvalue weighted by molar-refractivity contribution is 0.102. The molecule has 0 fully saturated rings. The van der Waals surface area contributed by atoms with Crippen LogP contribution in [0.25, 0.3) is 10.8 Å². The fourth-order valence-corrected chi connectivity index (χ4v) is 4.50. The summed E-state index contributed by atoms with van der Waals surface area (Å²) in [5, 5.41) is 5.50. The number of nitrogens with zero attached hydrogens (tertiary/aromatic N) is 1. The highest BCUT2D eigenvalue weighted by Crippen LogP contribution is 2.25. The Kier molecular flexibility index (Phi) is 6.17. The summed E-state index contributed by atoms with van der Waals surface area (Å²) < 4.78 is 26.1. The molecule has 4 aromatic carbocycles. The van der Waals surface area contributed by atoms with Gasteiger partial charge in [-0.25, -0.2) is 8.42 Å². The SMILES string of the molecule is CS(=O)(=O)N(Cc1ccccc1Cl)c1ccc(C(=O)Nc2ccc3ccccc3c2)cc1. The van der Waals surface area contributed by atoms with Crippen molar-refractivity contribution in [3.05, 3.63) is 107 Å². The Bertz CT molecular complexity index is 1390. The monoisotopic (exact) mass is 464 g/mol. The maximum Gasteiger partial charge on any atom is 0.255 e. The molecule has 0 atom stereocenters. The van der Waals surface area contributed by atoms with Gasteiger partial charge in [-0.15, -0.1) is 0 Å². The number of fused-ring (bicyclic) bond motifs is 1. The summed E-state index contributed by atoms with van der Waals surface area (Å²) in [4.78, 5) is 12.7. The standard InChI is InChI=1S/C25H21ClN2O3S/c1-32(30,31)28(17-21-8-4-5-9-24(21)26)23-14-11-19(12-15-23)25(29)27-22-13-10-18-6-2-3-7-20(18)16-22/h2-16H,17H2,1H3,(H,27,29). The van der Waals surface area contributed by atoms with Gasteiger partial charge in [-0.05, 0) is 58.8 Å². The number of nitrogens with one attached hydrogen (secondary N) is 1. The van der Waals surface area contributed by atoms with E-state index in [-0.39, 0.29) is 12.5 Å². The van der Waals surface area contributed by atoms with Crippen molar-refractivity contribution >= 4 is 49.7 Å². The predicted octanol–water partition coefficient (Wildman–Crippen LogP) is 5.71. The zero-order chi connectivity index (χ0) is 22.7. The summed E-state index contributed by atoms with van der Waals surface area (Å²) >= 11 is 6.21. The molecular weight excluding hydrogens is 444 g/mol. The molecule has 0 aromatic heterocycles. The number of carbonyl (C=O) groups is 1. The Morgan fingerprint density at radius 1 is 0.875 bits per heavy atom. The minimum absolute atomic E-state index is 0.0984. The molecule has 1 amide bonds. The lowest BCUT2D eigenvalue weighted by Gasteiger charge is -2.23. The van der Waals surface area contributed by atoms with Crippen LogP contribution < -0.4 is 9.62 Å². The smallest absolute Gasteiger partial charge is 0.255 e. The van der Waals surface area contributed by atoms with Gasteiger partial charge in [-0.1, -0.05) is 60.1 Å². The zero-order valence-electron chi connectivity index (χ0n) is 17.3. The molecule has 0 saturated carbocycles. The summed E-state index contributed by atoms with van der Waals surface area (Å²) in [5.41, 5.74) is 2.26. The number of sulfonamides is 1. The van der Waals surface area contributed by atoms with Gasteiger partial charge in [0.15, 0.2) is 0 Å². The van der Waals surface area contributed by atoms with Crippen molar-refractivity contribution in [3.63, 3.8) is 0 Å². The molecule has 0 aliphatic rings. The van der Waals surface area contributed by atoms with E-state index in [9.17, 15) is 13.2 Å². The van der Waals surface area contributed by atoms with E-state index >= 15 is 0 Å². The van der Waals surface area contributed by atoms with Gasteiger partial charge >= 0.3 is 0 Å². The second-order valence-corrected chi connectivity index (χ2v) is 9.74. The van der Waals surface area contributed by atoms with Crippen molar-refractivity contribution in [2.45, 2.75) is 6.54 Å². The van der Waals surface area contributed by atoms with Gasteiger partial charge in [-0.2, -0.15) is 0 Å². The molecular formula is C25H21ClN2O3S. The van der Waals surface area contributed by atoms with E-state index in [2.05, 4.69) is 5.32 Å². The third kappa shape index (κ3) is 4.93. The molecule has 0 saturated heterocycles. The van der Waals surface area contributed by atoms with Crippen LogP contribution in [0.15, 0.2) is 91.0 Å². The van der Waals surface area contributed by atoms with Gasteiger partial charge in [0.25, 0.3) is 5.91 Å². The van der Waals surface area contributed by atoms with Crippen molar-refractivity contribution in [1.82, 2.24) is 0 Å². The first kappa shape index (κ1) is 21.9. The van der Waals surface area contributed by atoms with E-state index < -0.39 is 10.0 Å². The molecule has 0 bridgehead atoms. The topological polar surface area (TPSA) is 66.5 Å². The normalized spacial score (nSPS) is 11.3. The van der Waals surface area contributed by atoms with Gasteiger partial charge in [0, 0.05) is 16.3 Å². The highest BCUT2D eigenvalue weighted by atomic mass is 35.5. The number of hydrogen-bond donors (Lipinski definition) is 1. The second kappa shape index (κ2) is 9.02. The van der Waals surface area contributed by atoms with E-state index in [1.165, 1.54) is 4.31 Å². The van der Waals surface area contributed by atoms with Gasteiger partial charge in [0.05, 0.1) is 18.5 Å². The molecule has 0 radical (unpaired) electrons. The number of rotatable bonds is 6. The van der Waals surface area contributed by atoms with Crippen LogP contribution in [0, 0.1) is 0 Å². The Balaban J connectivity index is 1.54. The summed E-state index contributed by atoms with van der Waals surface area (Å²) in [7, 11) is -3.56. The van der Waals surface area contributed by atoms with Crippen molar-refractivity contribution < 1.29 is 13.2 Å². The molecule has 0 heterocycles. The molecule has 4 aromatic rings. The third-order valence-electron chi connectivity index (χ3n) is 5.10. The molecule has 1 N–H and O–H groups in total. The first-order valence-corrected chi connectivity index (χ1v) is 12.2. The molecule has 5 nitrogen and oxygen atoms in total. The molecule has 0 unspecified atom stereocenters. The molecule has 32 heavy (non-hydrogen) atoms. The van der Waals surface area contributed by atoms with Gasteiger partial charge in [0.2, 0.25) is 10.0 Å². The highest BCUT2D eigenvalue weighted by Gasteiger charge is 2.19. The summed E-state index contributed by atoms with van der Waals surface area (Å²) in [5.74, 6) is -0.274. The van der Waals surface area contributed by atoms with Crippen LogP contribution in [0.1, 0.15) is 15.9 Å². The fraction of sp³-hybridized carbons (Fsp3) is 0.0800. The first-order chi connectivity index (χ1) is 15.3. The van der Waals surface area contributed by atoms with Crippen molar-refractivity contribution in [2.75, 3.05) is 15.9 Å². The maximum atomic E-state index is 12.7. The van der Waals surface area contributed by atoms with Gasteiger partial charge in [-0.3, -0.25) is 9.10 Å². The van der Waals surface area contributed by atoms with Crippen LogP contribution in [0.2, 0.25) is 5.02 Å². The molecule has 4 rings (SSSR count). The minimum Gasteiger partial charge on any atom is -0.322 e. The number of carbonyl (C=O) groups excluding carboxylic acids is 1. The van der Waals surface area contributed by atoms with Crippen LogP contribution in [-0.4, -0.2) is 20.6 Å². The number of hydrogen-bond acceptors (Lipinski definition) is 3. The van der Waals surface area contributed by atoms with E-state index in [4.69, 9.17) is 11.6 Å². The average molecular weight is 465 g/mol. The Morgan fingerprint density at radius 3 is 2.22 bits per heavy atom. The van der Waals surface area contributed by atoms with Crippen LogP contribution >= 0.6 is 11.6 Å². The van der Waals surface area contributed by atoms with Crippen molar-refractivity contribution in [2.24, 2.45) is 0 Å². The maximum absolute atomic E-state index is 12.7. The molecule has 7 heteroatoms. The summed E-state index contributed by atoms with van der Waals surface area (Å²) in [6.45, 7) is 0.0984. The van der Waals surface area contributed by atoms with Crippen molar-refractivity contribution in [3.8, 4) is 0 Å². The van der Waals surface area contributed by atoms with Gasteiger partial charge in [0.1, 0.15) is 0 Å². The lowest BCUT2D eigenvalue weighted by Crippen LogP contribution is -2.29. The van der Waals surface area contributed by atoms with Crippen molar-refractivity contribution in [1.29, 1.82) is 0 Å². The van der Waals surface area contributed by atoms with E-state index in [1.54, 1.807) is 42.5 Å². The fourth-order valence-electron chi connectivity index (χ4n) is 3.43. The third-order valence-corrected chi connectivity index (χ3v) is 6.61. The number of halogens is 1. The average Bonchev–Trinajstić information content (AvgIpc) is 2.78. The summed E-state index contributed by atoms with van der Waals surface area (Å²) in [6.07, 6.45) is 1.14. The predicted molar refractivity (Wildman–Crippen MR) is 131 cm³/mol. The number of benzene rings is 4. The summed E-state index contributed by atoms with van der Waals surface area (Å²) in [6, 6.07) is 27.2. The first-order valence-electron chi connectivity index (χ1n) is 9.92. The molecule has 0 aliphatic carbocycles. The Morgan fingerprint density at radius 2 is 1.53 bits per heavy atom. The van der Waals surface area contributed by atoms with E-state index in [1.807, 2.05) is 48.5 Å². The Hall–Kier alpha value is -3.35. The zero-order valence-corrected chi connectivity index (χ0v) is 18.9. The quantitative estimate of drug-likeness (QED) is 0.397. The van der Waals surface area contributed by atoms with Crippen LogP contribution in [0.5, 0.6) is 0 Å². The Labute approximate surface area is 192 Å². The number of anilines is 2. The molecule has 162 valence electrons. The van der Waals surface area contributed by atoms with Crippen LogP contribution in [0.4, 0.5) is 11.4 Å². The molecule has 0 spiro atoms. The van der Waals surface area contributed by atoms with E-state index in [0.29, 0.717) is 27.5 Å². The van der Waals surface area contributed by atoms with E-state index in [0.717, 1.165) is 17.0 Å². The van der Waals surface area contributed by atoms with Crippen LogP contribution in [0.3, 0.4) is 0 Å². The van der Waals surface area contributed by atoms with Gasteiger partial charge < -0.3 is 5.32 Å².